The van der Waals surface area contributed by atoms with E-state index in [1.165, 1.54) is 11.3 Å². The van der Waals surface area contributed by atoms with Crippen molar-refractivity contribution in [1.82, 2.24) is 20.0 Å². The van der Waals surface area contributed by atoms with Gasteiger partial charge in [-0.3, -0.25) is 9.48 Å². The number of rotatable bonds is 8. The largest absolute Gasteiger partial charge is 0.300 e. The molecule has 0 aliphatic heterocycles. The molecule has 0 aliphatic carbocycles. The average molecular weight is 364 g/mol. The quantitative estimate of drug-likeness (QED) is 0.766. The van der Waals surface area contributed by atoms with Crippen LogP contribution >= 0.6 is 11.3 Å². The molecule has 0 aromatic carbocycles. The zero-order valence-corrected chi connectivity index (χ0v) is 16.9. The fourth-order valence-electron chi connectivity index (χ4n) is 2.93. The van der Waals surface area contributed by atoms with Crippen LogP contribution in [0.3, 0.4) is 0 Å². The van der Waals surface area contributed by atoms with Crippen molar-refractivity contribution < 1.29 is 4.79 Å². The molecule has 2 aromatic heterocycles. The number of carbonyl (C=O) groups is 1. The molecule has 0 atom stereocenters. The van der Waals surface area contributed by atoms with Crippen LogP contribution in [-0.2, 0) is 17.8 Å². The van der Waals surface area contributed by atoms with Crippen molar-refractivity contribution >= 4 is 22.4 Å². The predicted octanol–water partition coefficient (Wildman–Crippen LogP) is 4.09. The van der Waals surface area contributed by atoms with Crippen molar-refractivity contribution in [1.29, 1.82) is 0 Å². The fourth-order valence-corrected chi connectivity index (χ4v) is 3.95. The monoisotopic (exact) mass is 363 g/mol. The molecule has 7 heteroatoms. The highest BCUT2D eigenvalue weighted by Crippen LogP contribution is 2.28. The standard InChI is InChI=1S/C18H29N5OS/c1-7-14(8-2)17-20-21-18(25-17)19-16(24)9-15-12(5)22-23(13(15)6)10-11(3)4/h11,14H,7-10H2,1-6H3,(H,19,21,24). The molecule has 2 heterocycles. The van der Waals surface area contributed by atoms with E-state index in [0.29, 0.717) is 23.4 Å². The summed E-state index contributed by atoms with van der Waals surface area (Å²) < 4.78 is 2.00. The highest BCUT2D eigenvalue weighted by molar-refractivity contribution is 7.15. The van der Waals surface area contributed by atoms with Gasteiger partial charge in [0.05, 0.1) is 12.1 Å². The minimum absolute atomic E-state index is 0.0671. The number of nitrogens with one attached hydrogen (secondary N) is 1. The van der Waals surface area contributed by atoms with Crippen molar-refractivity contribution in [2.24, 2.45) is 5.92 Å². The van der Waals surface area contributed by atoms with Crippen LogP contribution in [0.1, 0.15) is 68.4 Å². The van der Waals surface area contributed by atoms with Crippen LogP contribution < -0.4 is 5.32 Å². The summed E-state index contributed by atoms with van der Waals surface area (Å²) in [6.45, 7) is 13.5. The second kappa shape index (κ2) is 8.56. The number of hydrogen-bond donors (Lipinski definition) is 1. The summed E-state index contributed by atoms with van der Waals surface area (Å²) in [7, 11) is 0. The van der Waals surface area contributed by atoms with Gasteiger partial charge in [0.15, 0.2) is 0 Å². The summed E-state index contributed by atoms with van der Waals surface area (Å²) in [6, 6.07) is 0. The third-order valence-corrected chi connectivity index (χ3v) is 5.43. The summed E-state index contributed by atoms with van der Waals surface area (Å²) in [5, 5.41) is 17.4. The van der Waals surface area contributed by atoms with E-state index in [2.05, 4.69) is 48.3 Å². The number of nitrogens with zero attached hydrogens (tertiary/aromatic N) is 4. The van der Waals surface area contributed by atoms with E-state index in [1.807, 2.05) is 18.5 Å². The number of amides is 1. The van der Waals surface area contributed by atoms with Gasteiger partial charge in [0.25, 0.3) is 0 Å². The van der Waals surface area contributed by atoms with Crippen LogP contribution in [0.2, 0.25) is 0 Å². The fraction of sp³-hybridized carbons (Fsp3) is 0.667. The van der Waals surface area contributed by atoms with Crippen LogP contribution in [0.15, 0.2) is 0 Å². The zero-order valence-electron chi connectivity index (χ0n) is 16.1. The summed E-state index contributed by atoms with van der Waals surface area (Å²) in [5.74, 6) is 0.869. The van der Waals surface area contributed by atoms with Crippen molar-refractivity contribution in [3.8, 4) is 0 Å². The highest BCUT2D eigenvalue weighted by atomic mass is 32.1. The molecular formula is C18H29N5OS. The average Bonchev–Trinajstić information content (AvgIpc) is 3.09. The Morgan fingerprint density at radius 2 is 1.88 bits per heavy atom. The topological polar surface area (TPSA) is 72.7 Å². The molecule has 0 unspecified atom stereocenters. The molecule has 25 heavy (non-hydrogen) atoms. The Balaban J connectivity index is 2.05. The molecule has 0 spiro atoms. The third kappa shape index (κ3) is 4.87. The van der Waals surface area contributed by atoms with Crippen LogP contribution in [0, 0.1) is 19.8 Å². The van der Waals surface area contributed by atoms with Crippen molar-refractivity contribution in [2.75, 3.05) is 5.32 Å². The SMILES string of the molecule is CCC(CC)c1nnc(NC(=O)Cc2c(C)nn(CC(C)C)c2C)s1. The van der Waals surface area contributed by atoms with Gasteiger partial charge in [0.1, 0.15) is 5.01 Å². The molecule has 1 amide bonds. The third-order valence-electron chi connectivity index (χ3n) is 4.43. The maximum absolute atomic E-state index is 12.4. The molecule has 6 nitrogen and oxygen atoms in total. The first-order valence-corrected chi connectivity index (χ1v) is 9.83. The maximum atomic E-state index is 12.4. The van der Waals surface area contributed by atoms with Crippen LogP contribution in [0.25, 0.3) is 0 Å². The van der Waals surface area contributed by atoms with E-state index in [9.17, 15) is 4.79 Å². The number of carbonyl (C=O) groups excluding carboxylic acids is 1. The lowest BCUT2D eigenvalue weighted by atomic mass is 10.1. The number of anilines is 1. The van der Waals surface area contributed by atoms with Gasteiger partial charge in [-0.25, -0.2) is 0 Å². The number of aromatic nitrogens is 4. The first kappa shape index (κ1) is 19.6. The summed E-state index contributed by atoms with van der Waals surface area (Å²) in [5.41, 5.74) is 2.99. The van der Waals surface area contributed by atoms with E-state index >= 15 is 0 Å². The van der Waals surface area contributed by atoms with Gasteiger partial charge in [-0.15, -0.1) is 10.2 Å². The molecule has 0 saturated carbocycles. The molecular weight excluding hydrogens is 334 g/mol. The zero-order chi connectivity index (χ0) is 18.6. The minimum Gasteiger partial charge on any atom is -0.300 e. The Hall–Kier alpha value is -1.76. The summed E-state index contributed by atoms with van der Waals surface area (Å²) in [4.78, 5) is 12.4. The molecule has 0 bridgehead atoms. The summed E-state index contributed by atoms with van der Waals surface area (Å²) >= 11 is 1.48. The van der Waals surface area contributed by atoms with E-state index in [-0.39, 0.29) is 5.91 Å². The van der Waals surface area contributed by atoms with Crippen LogP contribution in [-0.4, -0.2) is 25.9 Å². The molecule has 2 aromatic rings. The number of hydrogen-bond acceptors (Lipinski definition) is 5. The first-order chi connectivity index (χ1) is 11.8. The lowest BCUT2D eigenvalue weighted by Gasteiger charge is -2.08. The molecule has 0 saturated heterocycles. The van der Waals surface area contributed by atoms with Gasteiger partial charge < -0.3 is 5.32 Å². The van der Waals surface area contributed by atoms with E-state index < -0.39 is 0 Å². The molecule has 0 radical (unpaired) electrons. The first-order valence-electron chi connectivity index (χ1n) is 9.01. The molecule has 138 valence electrons. The van der Waals surface area contributed by atoms with Crippen LogP contribution in [0.4, 0.5) is 5.13 Å². The van der Waals surface area contributed by atoms with Crippen LogP contribution in [0.5, 0.6) is 0 Å². The Morgan fingerprint density at radius 1 is 1.20 bits per heavy atom. The van der Waals surface area contributed by atoms with Gasteiger partial charge in [-0.1, -0.05) is 39.0 Å². The predicted molar refractivity (Wildman–Crippen MR) is 102 cm³/mol. The molecule has 2 rings (SSSR count). The lowest BCUT2D eigenvalue weighted by molar-refractivity contribution is -0.115. The van der Waals surface area contributed by atoms with Gasteiger partial charge in [0, 0.05) is 23.7 Å². The van der Waals surface area contributed by atoms with Gasteiger partial charge >= 0.3 is 0 Å². The smallest absolute Gasteiger partial charge is 0.230 e. The summed E-state index contributed by atoms with van der Waals surface area (Å²) in [6.07, 6.45) is 2.38. The Morgan fingerprint density at radius 3 is 2.48 bits per heavy atom. The second-order valence-electron chi connectivity index (χ2n) is 6.91. The van der Waals surface area contributed by atoms with Gasteiger partial charge in [-0.05, 0) is 32.6 Å². The van der Waals surface area contributed by atoms with Crippen molar-refractivity contribution in [3.05, 3.63) is 22.0 Å². The van der Waals surface area contributed by atoms with E-state index in [1.54, 1.807) is 0 Å². The molecule has 0 fully saturated rings. The van der Waals surface area contributed by atoms with Gasteiger partial charge in [-0.2, -0.15) is 5.10 Å². The maximum Gasteiger partial charge on any atom is 0.230 e. The van der Waals surface area contributed by atoms with E-state index in [0.717, 1.165) is 41.3 Å². The molecule has 0 aliphatic rings. The Kier molecular flexibility index (Phi) is 6.70. The lowest BCUT2D eigenvalue weighted by Crippen LogP contribution is -2.15. The van der Waals surface area contributed by atoms with Crippen molar-refractivity contribution in [3.63, 3.8) is 0 Å². The second-order valence-corrected chi connectivity index (χ2v) is 7.92. The minimum atomic E-state index is -0.0671. The molecule has 1 N–H and O–H groups in total. The number of aryl methyl sites for hydroxylation is 1. The Labute approximate surface area is 154 Å². The van der Waals surface area contributed by atoms with Crippen molar-refractivity contribution in [2.45, 2.75) is 73.3 Å². The Bertz CT molecular complexity index is 715. The van der Waals surface area contributed by atoms with E-state index in [4.69, 9.17) is 0 Å². The highest BCUT2D eigenvalue weighted by Gasteiger charge is 2.18. The normalized spacial score (nSPS) is 11.5. The van der Waals surface area contributed by atoms with Gasteiger partial charge in [0.2, 0.25) is 11.0 Å².